The number of hydrogen-bond acceptors (Lipinski definition) is 5. The topological polar surface area (TPSA) is 98.7 Å². The number of unbranched alkanes of at least 4 members (excludes halogenated alkanes) is 2. The first-order valence-corrected chi connectivity index (χ1v) is 13.5. The molecule has 7 nitrogen and oxygen atoms in total. The van der Waals surface area contributed by atoms with Gasteiger partial charge in [0.05, 0.1) is 29.2 Å². The minimum absolute atomic E-state index is 0.0300. The first kappa shape index (κ1) is 24.8. The van der Waals surface area contributed by atoms with Crippen LogP contribution in [0.15, 0.2) is 0 Å². The lowest BCUT2D eigenvalue weighted by atomic mass is 9.70. The molecular weight excluding hydrogens is 482 g/mol. The van der Waals surface area contributed by atoms with E-state index in [9.17, 15) is 19.5 Å². The van der Waals surface area contributed by atoms with E-state index in [0.717, 1.165) is 25.7 Å². The minimum atomic E-state index is -0.664. The summed E-state index contributed by atoms with van der Waals surface area (Å²) in [6.45, 7) is 6.99. The van der Waals surface area contributed by atoms with Gasteiger partial charge in [-0.3, -0.25) is 14.4 Å². The van der Waals surface area contributed by atoms with Gasteiger partial charge in [-0.05, 0) is 25.7 Å². The van der Waals surface area contributed by atoms with Crippen molar-refractivity contribution in [2.45, 2.75) is 86.2 Å². The molecule has 3 rings (SSSR count). The highest BCUT2D eigenvalue weighted by Crippen LogP contribution is 2.67. The number of carbonyl (C=O) groups excluding carboxylic acids is 3. The average molecular weight is 519 g/mol. The molecule has 0 saturated carbocycles. The maximum Gasteiger partial charge on any atom is 0.244 e. The van der Waals surface area contributed by atoms with Gasteiger partial charge in [0.15, 0.2) is 0 Å². The van der Waals surface area contributed by atoms with Crippen LogP contribution in [0.25, 0.3) is 0 Å². The Morgan fingerprint density at radius 3 is 2.52 bits per heavy atom. The van der Waals surface area contributed by atoms with E-state index in [4.69, 9.17) is 0 Å². The number of fused-ring (bicyclic) bond motifs is 1. The molecule has 3 amide bonds. The molecule has 3 unspecified atom stereocenters. The highest BCUT2D eigenvalue weighted by molar-refractivity contribution is 9.09. The number of aliphatic hydroxyl groups is 1. The molecule has 0 aromatic carbocycles. The van der Waals surface area contributed by atoms with E-state index in [1.54, 1.807) is 16.7 Å². The van der Waals surface area contributed by atoms with Crippen molar-refractivity contribution in [3.63, 3.8) is 0 Å². The number of carbonyl (C=O) groups is 3. The van der Waals surface area contributed by atoms with Gasteiger partial charge >= 0.3 is 0 Å². The summed E-state index contributed by atoms with van der Waals surface area (Å²) in [5.41, 5.74) is 0. The lowest BCUT2D eigenvalue weighted by molar-refractivity contribution is -0.142. The Labute approximate surface area is 198 Å². The van der Waals surface area contributed by atoms with Gasteiger partial charge in [-0.25, -0.2) is 0 Å². The van der Waals surface area contributed by atoms with Crippen molar-refractivity contribution in [1.29, 1.82) is 0 Å². The third-order valence-electron chi connectivity index (χ3n) is 6.98. The zero-order valence-electron chi connectivity index (χ0n) is 18.7. The van der Waals surface area contributed by atoms with Gasteiger partial charge in [0, 0.05) is 23.2 Å². The van der Waals surface area contributed by atoms with Crippen LogP contribution >= 0.6 is 27.7 Å². The van der Waals surface area contributed by atoms with E-state index in [1.165, 1.54) is 0 Å². The Balaban J connectivity index is 1.95. The molecule has 0 radical (unpaired) electrons. The first-order valence-electron chi connectivity index (χ1n) is 11.7. The minimum Gasteiger partial charge on any atom is -0.394 e. The zero-order valence-corrected chi connectivity index (χ0v) is 21.1. The van der Waals surface area contributed by atoms with Crippen LogP contribution in [0.5, 0.6) is 0 Å². The van der Waals surface area contributed by atoms with Gasteiger partial charge in [-0.1, -0.05) is 49.5 Å². The molecule has 7 atom stereocenters. The van der Waals surface area contributed by atoms with Crippen LogP contribution in [0.4, 0.5) is 0 Å². The van der Waals surface area contributed by atoms with Gasteiger partial charge in [-0.2, -0.15) is 0 Å². The molecule has 0 aromatic heterocycles. The smallest absolute Gasteiger partial charge is 0.244 e. The summed E-state index contributed by atoms with van der Waals surface area (Å²) in [6, 6.07) is -1.09. The Hall–Kier alpha value is -0.800. The molecule has 3 aliphatic rings. The van der Waals surface area contributed by atoms with E-state index in [1.807, 2.05) is 13.8 Å². The molecule has 3 fully saturated rings. The standard InChI is InChI=1S/C22H36BrN3O4S/c1-4-7-8-10-25-20(29)18-22-11-14(23)17(31-22)15(19(28)24-9-5-2)16(22)21(30)26(18)13(6-3)12-27/h13-18,27H,4-12H2,1-3H3,(H,24,28)(H,25,29)/t13-,14?,15+,16-,17+,18?,22?/m0/s1. The van der Waals surface area contributed by atoms with E-state index in [-0.39, 0.29) is 34.4 Å². The second kappa shape index (κ2) is 10.4. The van der Waals surface area contributed by atoms with Crippen molar-refractivity contribution in [3.05, 3.63) is 0 Å². The lowest BCUT2D eigenvalue weighted by Gasteiger charge is -2.37. The van der Waals surface area contributed by atoms with Crippen LogP contribution in [0, 0.1) is 11.8 Å². The number of nitrogens with one attached hydrogen (secondary N) is 2. The van der Waals surface area contributed by atoms with E-state index in [2.05, 4.69) is 33.5 Å². The zero-order chi connectivity index (χ0) is 22.8. The number of hydrogen-bond donors (Lipinski definition) is 3. The average Bonchev–Trinajstić information content (AvgIpc) is 3.34. The number of rotatable bonds is 11. The summed E-state index contributed by atoms with van der Waals surface area (Å²) in [5, 5.41) is 16.0. The summed E-state index contributed by atoms with van der Waals surface area (Å²) in [6.07, 6.45) is 5.06. The van der Waals surface area contributed by atoms with Crippen molar-refractivity contribution in [2.75, 3.05) is 19.7 Å². The van der Waals surface area contributed by atoms with Gasteiger partial charge in [0.1, 0.15) is 6.04 Å². The summed E-state index contributed by atoms with van der Waals surface area (Å²) < 4.78 is -0.637. The summed E-state index contributed by atoms with van der Waals surface area (Å²) in [4.78, 5) is 42.0. The maximum atomic E-state index is 13.7. The molecule has 1 spiro atoms. The largest absolute Gasteiger partial charge is 0.394 e. The van der Waals surface area contributed by atoms with Crippen molar-refractivity contribution >= 4 is 45.4 Å². The Bertz CT molecular complexity index is 692. The van der Waals surface area contributed by atoms with Crippen molar-refractivity contribution in [1.82, 2.24) is 15.5 Å². The van der Waals surface area contributed by atoms with E-state index < -0.39 is 28.7 Å². The fraction of sp³-hybridized carbons (Fsp3) is 0.864. The van der Waals surface area contributed by atoms with Gasteiger partial charge in [0.2, 0.25) is 17.7 Å². The predicted molar refractivity (Wildman–Crippen MR) is 126 cm³/mol. The highest BCUT2D eigenvalue weighted by atomic mass is 79.9. The molecule has 0 aromatic rings. The fourth-order valence-corrected chi connectivity index (χ4v) is 9.12. The highest BCUT2D eigenvalue weighted by Gasteiger charge is 2.76. The third-order valence-corrected chi connectivity index (χ3v) is 10.2. The number of amides is 3. The molecule has 3 heterocycles. The number of thioether (sulfide) groups is 1. The number of nitrogens with zero attached hydrogens (tertiary/aromatic N) is 1. The summed E-state index contributed by atoms with van der Waals surface area (Å²) >= 11 is 5.39. The molecule has 2 bridgehead atoms. The number of alkyl halides is 1. The summed E-state index contributed by atoms with van der Waals surface area (Å²) in [7, 11) is 0. The Morgan fingerprint density at radius 2 is 1.90 bits per heavy atom. The SMILES string of the molecule is CCCCCNC(=O)C1N([C@@H](CC)CO)C(=O)[C@@H]2[C@@H](C(=O)NCCC)[C@@H]3SC12CC3Br. The Kier molecular flexibility index (Phi) is 8.35. The first-order chi connectivity index (χ1) is 14.9. The van der Waals surface area contributed by atoms with Crippen LogP contribution in [-0.2, 0) is 14.4 Å². The van der Waals surface area contributed by atoms with Crippen LogP contribution < -0.4 is 10.6 Å². The number of aliphatic hydroxyl groups excluding tert-OH is 1. The van der Waals surface area contributed by atoms with Crippen LogP contribution in [0.2, 0.25) is 0 Å². The summed E-state index contributed by atoms with van der Waals surface area (Å²) in [5.74, 6) is -1.38. The quantitative estimate of drug-likeness (QED) is 0.287. The van der Waals surface area contributed by atoms with Crippen molar-refractivity contribution in [3.8, 4) is 0 Å². The number of halogens is 1. The number of likely N-dealkylation sites (tertiary alicyclic amines) is 1. The van der Waals surface area contributed by atoms with Crippen LogP contribution in [0.3, 0.4) is 0 Å². The van der Waals surface area contributed by atoms with Gasteiger partial charge < -0.3 is 20.6 Å². The van der Waals surface area contributed by atoms with Gasteiger partial charge in [-0.15, -0.1) is 11.8 Å². The lowest BCUT2D eigenvalue weighted by Crippen LogP contribution is -2.57. The van der Waals surface area contributed by atoms with Crippen molar-refractivity contribution < 1.29 is 19.5 Å². The predicted octanol–water partition coefficient (Wildman–Crippen LogP) is 2.05. The normalized spacial score (nSPS) is 34.7. The molecule has 176 valence electrons. The second-order valence-corrected chi connectivity index (χ2v) is 11.7. The molecule has 3 saturated heterocycles. The van der Waals surface area contributed by atoms with E-state index >= 15 is 0 Å². The van der Waals surface area contributed by atoms with Crippen LogP contribution in [0.1, 0.15) is 59.3 Å². The molecule has 9 heteroatoms. The third kappa shape index (κ3) is 4.26. The van der Waals surface area contributed by atoms with Crippen LogP contribution in [-0.4, -0.2) is 74.3 Å². The van der Waals surface area contributed by atoms with Gasteiger partial charge in [0.25, 0.3) is 0 Å². The molecule has 31 heavy (non-hydrogen) atoms. The monoisotopic (exact) mass is 517 g/mol. The molecule has 0 aliphatic carbocycles. The van der Waals surface area contributed by atoms with E-state index in [0.29, 0.717) is 25.9 Å². The van der Waals surface area contributed by atoms with Crippen molar-refractivity contribution in [2.24, 2.45) is 11.8 Å². The second-order valence-electron chi connectivity index (χ2n) is 8.94. The molecule has 3 aliphatic heterocycles. The Morgan fingerprint density at radius 1 is 1.19 bits per heavy atom. The fourth-order valence-electron chi connectivity index (χ4n) is 5.52. The molecule has 3 N–H and O–H groups in total. The molecular formula is C22H36BrN3O4S. The maximum absolute atomic E-state index is 13.7.